The Morgan fingerprint density at radius 1 is 1.10 bits per heavy atom. The maximum Gasteiger partial charge on any atom is 0.104 e. The van der Waals surface area contributed by atoms with E-state index in [-0.39, 0.29) is 6.61 Å². The van der Waals surface area contributed by atoms with Crippen molar-refractivity contribution in [3.8, 4) is 11.8 Å². The molecule has 0 aliphatic carbocycles. The highest BCUT2D eigenvalue weighted by atomic mass is 32.1. The van der Waals surface area contributed by atoms with Crippen molar-refractivity contribution in [3.05, 3.63) is 57.8 Å². The summed E-state index contributed by atoms with van der Waals surface area (Å²) >= 11 is 1.62. The molecule has 0 radical (unpaired) electrons. The summed E-state index contributed by atoms with van der Waals surface area (Å²) in [5.74, 6) is 5.55. The van der Waals surface area contributed by atoms with Gasteiger partial charge in [0.15, 0.2) is 0 Å². The lowest BCUT2D eigenvalue weighted by Crippen LogP contribution is -1.96. The molecule has 0 bridgehead atoms. The Morgan fingerprint density at radius 3 is 2.75 bits per heavy atom. The van der Waals surface area contributed by atoms with Gasteiger partial charge in [-0.15, -0.1) is 11.3 Å². The largest absolute Gasteiger partial charge is 0.384 e. The van der Waals surface area contributed by atoms with E-state index in [2.05, 4.69) is 36.1 Å². The van der Waals surface area contributed by atoms with Crippen molar-refractivity contribution in [2.75, 3.05) is 13.2 Å². The Hall–Kier alpha value is -1.60. The van der Waals surface area contributed by atoms with Gasteiger partial charge in [0.1, 0.15) is 6.61 Å². The van der Waals surface area contributed by atoms with E-state index in [1.54, 1.807) is 11.3 Å². The summed E-state index contributed by atoms with van der Waals surface area (Å²) in [4.78, 5) is 2.15. The second kappa shape index (κ2) is 8.55. The molecule has 104 valence electrons. The third-order valence-electron chi connectivity index (χ3n) is 2.79. The van der Waals surface area contributed by atoms with Gasteiger partial charge in [-0.1, -0.05) is 42.2 Å². The molecule has 20 heavy (non-hydrogen) atoms. The van der Waals surface area contributed by atoms with Crippen LogP contribution in [0.2, 0.25) is 0 Å². The Bertz CT molecular complexity index is 563. The zero-order valence-electron chi connectivity index (χ0n) is 11.3. The van der Waals surface area contributed by atoms with Crippen molar-refractivity contribution in [2.24, 2.45) is 0 Å². The molecule has 1 aromatic carbocycles. The minimum Gasteiger partial charge on any atom is -0.384 e. The molecule has 0 saturated carbocycles. The number of aliphatic hydroxyl groups excluding tert-OH is 1. The van der Waals surface area contributed by atoms with Crippen LogP contribution in [0.15, 0.2) is 42.5 Å². The number of aryl methyl sites for hydroxylation is 1. The average Bonchev–Trinajstić information content (AvgIpc) is 2.94. The van der Waals surface area contributed by atoms with E-state index in [1.807, 2.05) is 18.2 Å². The molecule has 3 heteroatoms. The van der Waals surface area contributed by atoms with Gasteiger partial charge in [-0.3, -0.25) is 0 Å². The molecule has 0 fully saturated rings. The van der Waals surface area contributed by atoms with Crippen LogP contribution in [0, 0.1) is 11.8 Å². The normalized spacial score (nSPS) is 10.1. The molecule has 0 amide bonds. The van der Waals surface area contributed by atoms with E-state index in [0.717, 1.165) is 24.3 Å². The molecule has 0 saturated heterocycles. The minimum atomic E-state index is -0.0940. The Labute approximate surface area is 124 Å². The van der Waals surface area contributed by atoms with Crippen LogP contribution < -0.4 is 0 Å². The van der Waals surface area contributed by atoms with Gasteiger partial charge in [0.2, 0.25) is 0 Å². The fraction of sp³-hybridized carbons (Fsp3) is 0.294. The summed E-state index contributed by atoms with van der Waals surface area (Å²) in [6, 6.07) is 14.5. The van der Waals surface area contributed by atoms with Gasteiger partial charge in [0.25, 0.3) is 0 Å². The molecule has 1 aromatic heterocycles. The van der Waals surface area contributed by atoms with Crippen LogP contribution in [-0.4, -0.2) is 18.3 Å². The van der Waals surface area contributed by atoms with Crippen LogP contribution in [0.25, 0.3) is 0 Å². The third kappa shape index (κ3) is 5.18. The zero-order valence-corrected chi connectivity index (χ0v) is 12.2. The van der Waals surface area contributed by atoms with Crippen LogP contribution in [0.3, 0.4) is 0 Å². The molecule has 0 aliphatic rings. The summed E-state index contributed by atoms with van der Waals surface area (Å²) in [7, 11) is 0. The predicted molar refractivity (Wildman–Crippen MR) is 82.7 cm³/mol. The van der Waals surface area contributed by atoms with Crippen molar-refractivity contribution in [1.82, 2.24) is 0 Å². The smallest absolute Gasteiger partial charge is 0.104 e. The van der Waals surface area contributed by atoms with Crippen LogP contribution in [0.5, 0.6) is 0 Å². The van der Waals surface area contributed by atoms with Crippen LogP contribution in [-0.2, 0) is 17.8 Å². The van der Waals surface area contributed by atoms with Crippen molar-refractivity contribution in [1.29, 1.82) is 0 Å². The van der Waals surface area contributed by atoms with E-state index < -0.39 is 0 Å². The van der Waals surface area contributed by atoms with Crippen molar-refractivity contribution >= 4 is 11.3 Å². The molecule has 0 aliphatic heterocycles. The van der Waals surface area contributed by atoms with E-state index >= 15 is 0 Å². The van der Waals surface area contributed by atoms with Gasteiger partial charge in [-0.05, 0) is 30.5 Å². The molecule has 2 aromatic rings. The van der Waals surface area contributed by atoms with Crippen molar-refractivity contribution in [3.63, 3.8) is 0 Å². The SMILES string of the molecule is OCC#Cc1ccc(COCCCc2ccccc2)s1. The van der Waals surface area contributed by atoms with E-state index in [0.29, 0.717) is 6.61 Å². The Balaban J connectivity index is 1.65. The first-order valence-electron chi connectivity index (χ1n) is 6.68. The van der Waals surface area contributed by atoms with E-state index in [4.69, 9.17) is 9.84 Å². The highest BCUT2D eigenvalue weighted by Gasteiger charge is 1.98. The van der Waals surface area contributed by atoms with Gasteiger partial charge in [0.05, 0.1) is 11.5 Å². The fourth-order valence-electron chi connectivity index (χ4n) is 1.85. The highest BCUT2D eigenvalue weighted by molar-refractivity contribution is 7.12. The van der Waals surface area contributed by atoms with Gasteiger partial charge in [-0.2, -0.15) is 0 Å². The molecule has 0 spiro atoms. The Kier molecular flexibility index (Phi) is 6.33. The van der Waals surface area contributed by atoms with Crippen LogP contribution in [0.4, 0.5) is 0 Å². The van der Waals surface area contributed by atoms with E-state index in [1.165, 1.54) is 10.4 Å². The highest BCUT2D eigenvalue weighted by Crippen LogP contribution is 2.16. The van der Waals surface area contributed by atoms with Gasteiger partial charge in [0, 0.05) is 11.5 Å². The molecule has 0 atom stereocenters. The molecule has 1 heterocycles. The zero-order chi connectivity index (χ0) is 14.0. The minimum absolute atomic E-state index is 0.0940. The first-order valence-corrected chi connectivity index (χ1v) is 7.50. The maximum atomic E-state index is 8.64. The summed E-state index contributed by atoms with van der Waals surface area (Å²) < 4.78 is 5.67. The second-order valence-electron chi connectivity index (χ2n) is 4.37. The maximum absolute atomic E-state index is 8.64. The monoisotopic (exact) mass is 286 g/mol. The molecular weight excluding hydrogens is 268 g/mol. The fourth-order valence-corrected chi connectivity index (χ4v) is 2.67. The van der Waals surface area contributed by atoms with Crippen LogP contribution >= 0.6 is 11.3 Å². The lowest BCUT2D eigenvalue weighted by Gasteiger charge is -2.03. The lowest BCUT2D eigenvalue weighted by molar-refractivity contribution is 0.121. The molecular formula is C17H18O2S. The third-order valence-corrected chi connectivity index (χ3v) is 3.77. The molecule has 0 unspecified atom stereocenters. The standard InChI is InChI=1S/C17H18O2S/c18-12-4-9-16-10-11-17(20-16)14-19-13-5-8-15-6-2-1-3-7-15/h1-3,6-7,10-11,18H,5,8,12-14H2. The van der Waals surface area contributed by atoms with Crippen molar-refractivity contribution in [2.45, 2.75) is 19.4 Å². The second-order valence-corrected chi connectivity index (χ2v) is 5.54. The predicted octanol–water partition coefficient (Wildman–Crippen LogP) is 3.24. The quantitative estimate of drug-likeness (QED) is 0.652. The number of rotatable bonds is 6. The molecule has 1 N–H and O–H groups in total. The number of thiophene rings is 1. The average molecular weight is 286 g/mol. The summed E-state index contributed by atoms with van der Waals surface area (Å²) in [6.07, 6.45) is 2.09. The summed E-state index contributed by atoms with van der Waals surface area (Å²) in [5, 5.41) is 8.64. The molecule has 2 nitrogen and oxygen atoms in total. The lowest BCUT2D eigenvalue weighted by atomic mass is 10.1. The van der Waals surface area contributed by atoms with E-state index in [9.17, 15) is 0 Å². The summed E-state index contributed by atoms with van der Waals surface area (Å²) in [5.41, 5.74) is 1.36. The first kappa shape index (κ1) is 14.8. The van der Waals surface area contributed by atoms with Gasteiger partial charge < -0.3 is 9.84 Å². The van der Waals surface area contributed by atoms with Gasteiger partial charge in [-0.25, -0.2) is 0 Å². The topological polar surface area (TPSA) is 29.5 Å². The van der Waals surface area contributed by atoms with Crippen LogP contribution in [0.1, 0.15) is 21.7 Å². The number of benzene rings is 1. The number of ether oxygens (including phenoxy) is 1. The molecule has 2 rings (SSSR count). The Morgan fingerprint density at radius 2 is 1.95 bits per heavy atom. The summed E-state index contributed by atoms with van der Waals surface area (Å²) in [6.45, 7) is 1.31. The van der Waals surface area contributed by atoms with Gasteiger partial charge >= 0.3 is 0 Å². The van der Waals surface area contributed by atoms with Crippen molar-refractivity contribution < 1.29 is 9.84 Å². The number of hydrogen-bond donors (Lipinski definition) is 1. The number of hydrogen-bond acceptors (Lipinski definition) is 3. The first-order chi connectivity index (χ1) is 9.88. The number of aliphatic hydroxyl groups is 1.